The van der Waals surface area contributed by atoms with Gasteiger partial charge >= 0.3 is 0 Å². The van der Waals surface area contributed by atoms with Crippen molar-refractivity contribution in [1.82, 2.24) is 30.1 Å². The number of furan rings is 1. The summed E-state index contributed by atoms with van der Waals surface area (Å²) in [5.41, 5.74) is 6.43. The lowest BCUT2D eigenvalue weighted by molar-refractivity contribution is 0.568. The van der Waals surface area contributed by atoms with Crippen LogP contribution >= 0.6 is 0 Å². The number of nitrogens with zero attached hydrogens (tertiary/aromatic N) is 4. The molecule has 0 aliphatic carbocycles. The molecule has 0 atom stereocenters. The van der Waals surface area contributed by atoms with Crippen molar-refractivity contribution in [2.75, 3.05) is 0 Å². The van der Waals surface area contributed by atoms with E-state index in [1.54, 1.807) is 37.2 Å². The Morgan fingerprint density at radius 2 is 1.94 bits per heavy atom. The summed E-state index contributed by atoms with van der Waals surface area (Å²) in [4.78, 5) is 16.7. The molecule has 6 rings (SSSR count). The zero-order valence-electron chi connectivity index (χ0n) is 16.3. The Balaban J connectivity index is 1.56. The van der Waals surface area contributed by atoms with Crippen molar-refractivity contribution in [1.29, 1.82) is 0 Å². The molecule has 5 aromatic heterocycles. The van der Waals surface area contributed by atoms with Gasteiger partial charge in [-0.3, -0.25) is 15.1 Å². The first kappa shape index (κ1) is 17.5. The van der Waals surface area contributed by atoms with Crippen LogP contribution in [0.3, 0.4) is 0 Å². The molecule has 0 bridgehead atoms. The molecule has 8 heteroatoms. The molecule has 5 heterocycles. The predicted octanol–water partition coefficient (Wildman–Crippen LogP) is 5.27. The first-order valence-corrected chi connectivity index (χ1v) is 9.65. The number of aromatic amines is 2. The van der Waals surface area contributed by atoms with E-state index in [9.17, 15) is 4.39 Å². The standard InChI is InChI=1S/C23H15FN6O/c1-12-2-5-25-10-16(12)14-8-15-19(9-17(14)24)29-30-21(15)23-27-18-3-6-26-20(22(18)28-23)13-4-7-31-11-13/h2-11H,1H3,(H,27,28)(H,29,30). The maximum atomic E-state index is 14.9. The van der Waals surface area contributed by atoms with Crippen molar-refractivity contribution in [3.63, 3.8) is 0 Å². The summed E-state index contributed by atoms with van der Waals surface area (Å²) in [5, 5.41) is 8.08. The molecule has 7 nitrogen and oxygen atoms in total. The maximum absolute atomic E-state index is 14.9. The third-order valence-electron chi connectivity index (χ3n) is 5.40. The number of aryl methyl sites for hydroxylation is 1. The normalized spacial score (nSPS) is 11.5. The molecule has 0 unspecified atom stereocenters. The highest BCUT2D eigenvalue weighted by Crippen LogP contribution is 2.34. The van der Waals surface area contributed by atoms with Gasteiger partial charge in [0.05, 0.1) is 23.6 Å². The minimum Gasteiger partial charge on any atom is -0.472 e. The van der Waals surface area contributed by atoms with Gasteiger partial charge in [-0.05, 0) is 36.8 Å². The lowest BCUT2D eigenvalue weighted by Crippen LogP contribution is -1.90. The Kier molecular flexibility index (Phi) is 3.73. The average molecular weight is 410 g/mol. The Bertz CT molecular complexity index is 1560. The van der Waals surface area contributed by atoms with Gasteiger partial charge in [0.15, 0.2) is 5.82 Å². The van der Waals surface area contributed by atoms with Crippen LogP contribution in [0.15, 0.2) is 65.9 Å². The summed E-state index contributed by atoms with van der Waals surface area (Å²) in [6, 6.07) is 8.79. The van der Waals surface area contributed by atoms with E-state index in [0.717, 1.165) is 27.6 Å². The van der Waals surface area contributed by atoms with Crippen LogP contribution in [0.5, 0.6) is 0 Å². The molecule has 31 heavy (non-hydrogen) atoms. The fourth-order valence-electron chi connectivity index (χ4n) is 3.83. The van der Waals surface area contributed by atoms with E-state index in [4.69, 9.17) is 9.40 Å². The summed E-state index contributed by atoms with van der Waals surface area (Å²) in [5.74, 6) is 0.231. The van der Waals surface area contributed by atoms with Crippen molar-refractivity contribution in [2.45, 2.75) is 6.92 Å². The molecule has 1 aromatic carbocycles. The average Bonchev–Trinajstić information content (AvgIpc) is 3.52. The van der Waals surface area contributed by atoms with Crippen molar-refractivity contribution in [2.24, 2.45) is 0 Å². The molecule has 0 aliphatic heterocycles. The molecular weight excluding hydrogens is 395 g/mol. The van der Waals surface area contributed by atoms with Gasteiger partial charge < -0.3 is 9.40 Å². The smallest absolute Gasteiger partial charge is 0.159 e. The SMILES string of the molecule is Cc1ccncc1-c1cc2c(-c3nc4c(-c5ccoc5)nccc4[nH]3)n[nH]c2cc1F. The number of hydrogen-bond acceptors (Lipinski definition) is 5. The molecule has 0 radical (unpaired) electrons. The van der Waals surface area contributed by atoms with Gasteiger partial charge in [-0.25, -0.2) is 9.37 Å². The molecule has 0 saturated carbocycles. The van der Waals surface area contributed by atoms with E-state index in [2.05, 4.69) is 25.1 Å². The van der Waals surface area contributed by atoms with Gasteiger partial charge in [0.1, 0.15) is 22.7 Å². The number of rotatable bonds is 3. The molecular formula is C23H15FN6O. The number of imidazole rings is 1. The first-order chi connectivity index (χ1) is 15.2. The van der Waals surface area contributed by atoms with Gasteiger partial charge in [-0.15, -0.1) is 0 Å². The second-order valence-corrected chi connectivity index (χ2v) is 7.29. The van der Waals surface area contributed by atoms with E-state index in [1.807, 2.05) is 25.1 Å². The van der Waals surface area contributed by atoms with Crippen molar-refractivity contribution >= 4 is 21.9 Å². The van der Waals surface area contributed by atoms with Crippen LogP contribution < -0.4 is 0 Å². The molecule has 2 N–H and O–H groups in total. The number of fused-ring (bicyclic) bond motifs is 2. The highest BCUT2D eigenvalue weighted by molar-refractivity contribution is 5.97. The lowest BCUT2D eigenvalue weighted by atomic mass is 10.0. The van der Waals surface area contributed by atoms with Crippen LogP contribution in [0.1, 0.15) is 5.56 Å². The zero-order chi connectivity index (χ0) is 20.9. The van der Waals surface area contributed by atoms with Gasteiger partial charge in [0.25, 0.3) is 0 Å². The number of H-pyrrole nitrogens is 2. The summed E-state index contributed by atoms with van der Waals surface area (Å²) >= 11 is 0. The Labute approximate surface area is 175 Å². The lowest BCUT2D eigenvalue weighted by Gasteiger charge is -2.07. The third-order valence-corrected chi connectivity index (χ3v) is 5.40. The number of pyridine rings is 2. The highest BCUT2D eigenvalue weighted by Gasteiger charge is 2.18. The Morgan fingerprint density at radius 3 is 2.77 bits per heavy atom. The molecule has 150 valence electrons. The van der Waals surface area contributed by atoms with Gasteiger partial charge in [0.2, 0.25) is 0 Å². The van der Waals surface area contributed by atoms with Crippen LogP contribution in [0.4, 0.5) is 4.39 Å². The van der Waals surface area contributed by atoms with Crippen LogP contribution in [0, 0.1) is 12.7 Å². The quantitative estimate of drug-likeness (QED) is 0.414. The number of hydrogen-bond donors (Lipinski definition) is 2. The summed E-state index contributed by atoms with van der Waals surface area (Å²) in [6.07, 6.45) is 8.31. The monoisotopic (exact) mass is 410 g/mol. The molecule has 0 amide bonds. The number of benzene rings is 1. The number of aromatic nitrogens is 6. The van der Waals surface area contributed by atoms with Crippen molar-refractivity contribution < 1.29 is 8.81 Å². The number of nitrogens with one attached hydrogen (secondary N) is 2. The Morgan fingerprint density at radius 1 is 1.00 bits per heavy atom. The summed E-state index contributed by atoms with van der Waals surface area (Å²) in [6.45, 7) is 1.93. The third kappa shape index (κ3) is 2.72. The minimum absolute atomic E-state index is 0.338. The van der Waals surface area contributed by atoms with E-state index in [1.165, 1.54) is 6.07 Å². The number of halogens is 1. The van der Waals surface area contributed by atoms with E-state index in [-0.39, 0.29) is 5.82 Å². The van der Waals surface area contributed by atoms with Crippen LogP contribution in [0.25, 0.3) is 55.8 Å². The van der Waals surface area contributed by atoms with Crippen LogP contribution in [-0.2, 0) is 0 Å². The van der Waals surface area contributed by atoms with Gasteiger partial charge in [-0.1, -0.05) is 0 Å². The van der Waals surface area contributed by atoms with Crippen LogP contribution in [-0.4, -0.2) is 30.1 Å². The van der Waals surface area contributed by atoms with Gasteiger partial charge in [-0.2, -0.15) is 5.10 Å². The predicted molar refractivity (Wildman–Crippen MR) is 115 cm³/mol. The molecule has 0 aliphatic rings. The molecule has 6 aromatic rings. The largest absolute Gasteiger partial charge is 0.472 e. The minimum atomic E-state index is -0.338. The molecule has 0 fully saturated rings. The van der Waals surface area contributed by atoms with Crippen molar-refractivity contribution in [3.8, 4) is 33.9 Å². The fourth-order valence-corrected chi connectivity index (χ4v) is 3.83. The van der Waals surface area contributed by atoms with E-state index < -0.39 is 0 Å². The second-order valence-electron chi connectivity index (χ2n) is 7.29. The van der Waals surface area contributed by atoms with Crippen molar-refractivity contribution in [3.05, 3.63) is 72.8 Å². The fraction of sp³-hybridized carbons (Fsp3) is 0.0435. The topological polar surface area (TPSA) is 96.3 Å². The van der Waals surface area contributed by atoms with Gasteiger partial charge in [0, 0.05) is 46.7 Å². The van der Waals surface area contributed by atoms with E-state index in [0.29, 0.717) is 33.8 Å². The first-order valence-electron chi connectivity index (χ1n) is 9.65. The summed E-state index contributed by atoms with van der Waals surface area (Å²) < 4.78 is 20.1. The molecule has 0 saturated heterocycles. The highest BCUT2D eigenvalue weighted by atomic mass is 19.1. The zero-order valence-corrected chi connectivity index (χ0v) is 16.3. The summed E-state index contributed by atoms with van der Waals surface area (Å²) in [7, 11) is 0. The second kappa shape index (κ2) is 6.60. The molecule has 0 spiro atoms. The maximum Gasteiger partial charge on any atom is 0.159 e. The van der Waals surface area contributed by atoms with Crippen LogP contribution in [0.2, 0.25) is 0 Å². The van der Waals surface area contributed by atoms with E-state index >= 15 is 0 Å². The Hall–Kier alpha value is -4.33.